The van der Waals surface area contributed by atoms with E-state index in [0.717, 1.165) is 22.4 Å². The summed E-state index contributed by atoms with van der Waals surface area (Å²) in [5, 5.41) is 0. The van der Waals surface area contributed by atoms with Crippen molar-refractivity contribution >= 4 is 6.29 Å². The number of halogens is 1. The lowest BCUT2D eigenvalue weighted by atomic mass is 9.85. The van der Waals surface area contributed by atoms with Gasteiger partial charge in [0.25, 0.3) is 0 Å². The molecule has 3 rings (SSSR count). The number of hydrogen-bond donors (Lipinski definition) is 0. The number of carbonyl (C=O) groups excluding carboxylic acids is 1. The highest BCUT2D eigenvalue weighted by Crippen LogP contribution is 2.40. The molecule has 0 atom stereocenters. The first-order chi connectivity index (χ1) is 9.51. The monoisotopic (exact) mass is 270 g/mol. The van der Waals surface area contributed by atoms with Crippen LogP contribution in [-0.2, 0) is 5.41 Å². The van der Waals surface area contributed by atoms with Gasteiger partial charge in [-0.05, 0) is 35.4 Å². The molecule has 0 N–H and O–H groups in total. The first-order valence-corrected chi connectivity index (χ1v) is 6.54. The van der Waals surface area contributed by atoms with Crippen LogP contribution in [0.15, 0.2) is 36.4 Å². The Morgan fingerprint density at radius 2 is 1.85 bits per heavy atom. The molecule has 102 valence electrons. The van der Waals surface area contributed by atoms with Gasteiger partial charge in [0.1, 0.15) is 11.6 Å². The number of fused-ring (bicyclic) bond motifs is 1. The Balaban J connectivity index is 2.08. The van der Waals surface area contributed by atoms with E-state index in [-0.39, 0.29) is 11.0 Å². The zero-order chi connectivity index (χ0) is 14.3. The van der Waals surface area contributed by atoms with E-state index in [9.17, 15) is 9.18 Å². The van der Waals surface area contributed by atoms with Crippen molar-refractivity contribution in [2.24, 2.45) is 0 Å². The van der Waals surface area contributed by atoms with Gasteiger partial charge < -0.3 is 4.74 Å². The maximum atomic E-state index is 13.7. The van der Waals surface area contributed by atoms with E-state index in [1.54, 1.807) is 6.07 Å². The van der Waals surface area contributed by atoms with Crippen LogP contribution >= 0.6 is 0 Å². The summed E-state index contributed by atoms with van der Waals surface area (Å²) in [4.78, 5) is 10.7. The number of benzene rings is 2. The second kappa shape index (κ2) is 4.44. The van der Waals surface area contributed by atoms with Gasteiger partial charge in [0.15, 0.2) is 6.29 Å². The molecule has 0 radical (unpaired) electrons. The third-order valence-electron chi connectivity index (χ3n) is 3.76. The van der Waals surface area contributed by atoms with Gasteiger partial charge in [-0.2, -0.15) is 0 Å². The van der Waals surface area contributed by atoms with Crippen molar-refractivity contribution in [1.29, 1.82) is 0 Å². The Morgan fingerprint density at radius 3 is 2.55 bits per heavy atom. The van der Waals surface area contributed by atoms with Gasteiger partial charge in [0.2, 0.25) is 0 Å². The third kappa shape index (κ3) is 1.99. The van der Waals surface area contributed by atoms with Gasteiger partial charge in [-0.25, -0.2) is 4.39 Å². The van der Waals surface area contributed by atoms with Crippen molar-refractivity contribution in [2.45, 2.75) is 19.3 Å². The van der Waals surface area contributed by atoms with Crippen molar-refractivity contribution in [2.75, 3.05) is 6.61 Å². The maximum Gasteiger partial charge on any atom is 0.152 e. The van der Waals surface area contributed by atoms with Crippen LogP contribution in [0.1, 0.15) is 29.8 Å². The van der Waals surface area contributed by atoms with Crippen LogP contribution in [0.5, 0.6) is 5.75 Å². The number of rotatable bonds is 2. The smallest absolute Gasteiger partial charge is 0.152 e. The summed E-state index contributed by atoms with van der Waals surface area (Å²) in [5.74, 6) is 0.400. The van der Waals surface area contributed by atoms with E-state index >= 15 is 0 Å². The predicted octanol–water partition coefficient (Wildman–Crippen LogP) is 3.98. The lowest BCUT2D eigenvalue weighted by Crippen LogP contribution is -2.18. The largest absolute Gasteiger partial charge is 0.492 e. The van der Waals surface area contributed by atoms with Crippen molar-refractivity contribution in [3.05, 3.63) is 53.3 Å². The molecule has 0 aromatic heterocycles. The van der Waals surface area contributed by atoms with Gasteiger partial charge in [0.05, 0.1) is 12.2 Å². The Morgan fingerprint density at radius 1 is 1.15 bits per heavy atom. The zero-order valence-corrected chi connectivity index (χ0v) is 11.4. The van der Waals surface area contributed by atoms with Crippen molar-refractivity contribution in [3.8, 4) is 16.9 Å². The van der Waals surface area contributed by atoms with Gasteiger partial charge in [-0.15, -0.1) is 0 Å². The quantitative estimate of drug-likeness (QED) is 0.772. The second-order valence-corrected chi connectivity index (χ2v) is 5.74. The molecule has 2 aromatic carbocycles. The lowest BCUT2D eigenvalue weighted by Gasteiger charge is -2.16. The highest BCUT2D eigenvalue weighted by Gasteiger charge is 2.31. The molecule has 0 spiro atoms. The van der Waals surface area contributed by atoms with E-state index < -0.39 is 5.82 Å². The van der Waals surface area contributed by atoms with Crippen LogP contribution in [0.4, 0.5) is 4.39 Å². The summed E-state index contributed by atoms with van der Waals surface area (Å²) >= 11 is 0. The Hall–Kier alpha value is -2.16. The Bertz CT molecular complexity index is 689. The topological polar surface area (TPSA) is 26.3 Å². The van der Waals surface area contributed by atoms with Gasteiger partial charge in [0, 0.05) is 11.0 Å². The molecule has 0 amide bonds. The molecule has 0 unspecified atom stereocenters. The third-order valence-corrected chi connectivity index (χ3v) is 3.76. The minimum absolute atomic E-state index is 0.0351. The molecule has 0 saturated carbocycles. The summed E-state index contributed by atoms with van der Waals surface area (Å²) < 4.78 is 19.4. The first kappa shape index (κ1) is 12.9. The van der Waals surface area contributed by atoms with Gasteiger partial charge in [-0.1, -0.05) is 26.0 Å². The minimum atomic E-state index is -0.492. The molecule has 3 heteroatoms. The molecule has 0 bridgehead atoms. The van der Waals surface area contributed by atoms with Crippen LogP contribution in [0.2, 0.25) is 0 Å². The molecular weight excluding hydrogens is 255 g/mol. The maximum absolute atomic E-state index is 13.7. The summed E-state index contributed by atoms with van der Waals surface area (Å²) in [7, 11) is 0. The van der Waals surface area contributed by atoms with Gasteiger partial charge >= 0.3 is 0 Å². The van der Waals surface area contributed by atoms with Crippen molar-refractivity contribution < 1.29 is 13.9 Å². The predicted molar refractivity (Wildman–Crippen MR) is 75.7 cm³/mol. The molecule has 2 nitrogen and oxygen atoms in total. The zero-order valence-electron chi connectivity index (χ0n) is 11.4. The fourth-order valence-electron chi connectivity index (χ4n) is 2.50. The van der Waals surface area contributed by atoms with E-state index in [1.165, 1.54) is 12.1 Å². The molecule has 20 heavy (non-hydrogen) atoms. The Kier molecular flexibility index (Phi) is 2.85. The highest BCUT2D eigenvalue weighted by molar-refractivity contribution is 5.77. The molecule has 1 aliphatic heterocycles. The summed E-state index contributed by atoms with van der Waals surface area (Å²) in [6.45, 7) is 4.90. The number of ether oxygens (including phenoxy) is 1. The minimum Gasteiger partial charge on any atom is -0.492 e. The number of carbonyl (C=O) groups is 1. The first-order valence-electron chi connectivity index (χ1n) is 6.54. The SMILES string of the molecule is CC1(C)COc2ccc(-c3ccc(C=O)c(F)c3)cc21. The average Bonchev–Trinajstić information content (AvgIpc) is 2.74. The average molecular weight is 270 g/mol. The lowest BCUT2D eigenvalue weighted by molar-refractivity contribution is 0.112. The van der Waals surface area contributed by atoms with E-state index in [4.69, 9.17) is 4.74 Å². The normalized spacial score (nSPS) is 15.6. The van der Waals surface area contributed by atoms with E-state index in [2.05, 4.69) is 13.8 Å². The molecule has 0 saturated heterocycles. The standard InChI is InChI=1S/C17H15FO2/c1-17(2)10-20-16-6-5-11(7-14(16)17)12-3-4-13(9-19)15(18)8-12/h3-9H,10H2,1-2H3. The fraction of sp³-hybridized carbons (Fsp3) is 0.235. The fourth-order valence-corrected chi connectivity index (χ4v) is 2.50. The summed E-state index contributed by atoms with van der Waals surface area (Å²) in [5.41, 5.74) is 2.87. The van der Waals surface area contributed by atoms with Gasteiger partial charge in [-0.3, -0.25) is 4.79 Å². The van der Waals surface area contributed by atoms with E-state index in [1.807, 2.05) is 18.2 Å². The molecule has 0 aliphatic carbocycles. The number of aldehydes is 1. The molecule has 0 fully saturated rings. The van der Waals surface area contributed by atoms with Crippen LogP contribution < -0.4 is 4.74 Å². The van der Waals surface area contributed by atoms with E-state index in [0.29, 0.717) is 12.9 Å². The van der Waals surface area contributed by atoms with Crippen LogP contribution in [0.25, 0.3) is 11.1 Å². The van der Waals surface area contributed by atoms with Crippen molar-refractivity contribution in [1.82, 2.24) is 0 Å². The van der Waals surface area contributed by atoms with Crippen LogP contribution in [-0.4, -0.2) is 12.9 Å². The van der Waals surface area contributed by atoms with Crippen LogP contribution in [0.3, 0.4) is 0 Å². The second-order valence-electron chi connectivity index (χ2n) is 5.74. The van der Waals surface area contributed by atoms with Crippen molar-refractivity contribution in [3.63, 3.8) is 0 Å². The molecule has 1 aliphatic rings. The summed E-state index contributed by atoms with van der Waals surface area (Å²) in [6.07, 6.45) is 0.527. The summed E-state index contributed by atoms with van der Waals surface area (Å²) in [6, 6.07) is 10.5. The molecule has 2 aromatic rings. The highest BCUT2D eigenvalue weighted by atomic mass is 19.1. The Labute approximate surface area is 117 Å². The molecule has 1 heterocycles. The number of hydrogen-bond acceptors (Lipinski definition) is 2. The van der Waals surface area contributed by atoms with Crippen LogP contribution in [0, 0.1) is 5.82 Å². The molecular formula is C17H15FO2.